The number of hydrogen-bond donors (Lipinski definition) is 1. The van der Waals surface area contributed by atoms with Crippen LogP contribution in [0.4, 0.5) is 0 Å². The van der Waals surface area contributed by atoms with E-state index in [9.17, 15) is 9.90 Å². The van der Waals surface area contributed by atoms with Gasteiger partial charge in [-0.3, -0.25) is 4.79 Å². The van der Waals surface area contributed by atoms with Crippen LogP contribution in [0.2, 0.25) is 0 Å². The van der Waals surface area contributed by atoms with Crippen molar-refractivity contribution in [2.45, 2.75) is 45.6 Å². The number of nitrogens with zero attached hydrogens (tertiary/aromatic N) is 1. The van der Waals surface area contributed by atoms with E-state index in [1.807, 2.05) is 4.90 Å². The predicted octanol–water partition coefficient (Wildman–Crippen LogP) is 3.60. The van der Waals surface area contributed by atoms with E-state index in [4.69, 9.17) is 0 Å². The van der Waals surface area contributed by atoms with Crippen molar-refractivity contribution in [3.63, 3.8) is 0 Å². The molecule has 0 saturated carbocycles. The largest absolute Gasteiger partial charge is 0.388 e. The Morgan fingerprint density at radius 2 is 1.85 bits per heavy atom. The zero-order chi connectivity index (χ0) is 15.0. The van der Waals surface area contributed by atoms with Crippen LogP contribution in [0.25, 0.3) is 0 Å². The number of amides is 1. The van der Waals surface area contributed by atoms with Crippen molar-refractivity contribution in [2.24, 2.45) is 0 Å². The zero-order valence-electron chi connectivity index (χ0n) is 12.6. The number of hydrogen-bond acceptors (Lipinski definition) is 2. The van der Waals surface area contributed by atoms with Gasteiger partial charge in [0.25, 0.3) is 5.91 Å². The van der Waals surface area contributed by atoms with Crippen molar-refractivity contribution in [1.29, 1.82) is 0 Å². The maximum absolute atomic E-state index is 12.6. The number of aliphatic hydroxyl groups is 1. The monoisotopic (exact) mass is 276 g/mol. The van der Waals surface area contributed by atoms with Crippen LogP contribution in [0.15, 0.2) is 24.3 Å². The van der Waals surface area contributed by atoms with Crippen molar-refractivity contribution in [2.75, 3.05) is 13.1 Å². The van der Waals surface area contributed by atoms with Crippen LogP contribution in [0.5, 0.6) is 0 Å². The SMILES string of the molecule is [CH2]C(O)c1cccc(C(=O)N(CCCC)CCCC)c1. The summed E-state index contributed by atoms with van der Waals surface area (Å²) in [4.78, 5) is 14.5. The summed E-state index contributed by atoms with van der Waals surface area (Å²) in [7, 11) is 0. The molecular formula is C17H26NO2. The Kier molecular flexibility index (Phi) is 7.31. The normalized spacial score (nSPS) is 12.2. The number of unbranched alkanes of at least 4 members (excludes halogenated alkanes) is 2. The molecule has 0 aliphatic carbocycles. The molecule has 1 aromatic rings. The molecular weight excluding hydrogens is 250 g/mol. The fraction of sp³-hybridized carbons (Fsp3) is 0.529. The molecule has 0 bridgehead atoms. The highest BCUT2D eigenvalue weighted by Crippen LogP contribution is 2.15. The molecule has 1 rings (SSSR count). The molecule has 0 saturated heterocycles. The Bertz CT molecular complexity index is 407. The van der Waals surface area contributed by atoms with Crippen molar-refractivity contribution in [3.05, 3.63) is 42.3 Å². The van der Waals surface area contributed by atoms with E-state index in [1.165, 1.54) is 0 Å². The molecule has 3 heteroatoms. The number of rotatable bonds is 8. The van der Waals surface area contributed by atoms with Gasteiger partial charge < -0.3 is 10.0 Å². The van der Waals surface area contributed by atoms with E-state index in [1.54, 1.807) is 24.3 Å². The molecule has 0 aliphatic rings. The Balaban J connectivity index is 2.84. The highest BCUT2D eigenvalue weighted by atomic mass is 16.3. The first kappa shape index (κ1) is 16.7. The molecule has 0 spiro atoms. The average molecular weight is 276 g/mol. The smallest absolute Gasteiger partial charge is 0.253 e. The number of aliphatic hydroxyl groups excluding tert-OH is 1. The minimum atomic E-state index is -0.789. The third-order valence-electron chi connectivity index (χ3n) is 3.37. The molecule has 0 fully saturated rings. The summed E-state index contributed by atoms with van der Waals surface area (Å²) in [6.45, 7) is 9.43. The van der Waals surface area contributed by atoms with E-state index in [0.29, 0.717) is 11.1 Å². The highest BCUT2D eigenvalue weighted by Gasteiger charge is 2.15. The van der Waals surface area contributed by atoms with Crippen LogP contribution in [-0.2, 0) is 0 Å². The lowest BCUT2D eigenvalue weighted by atomic mass is 10.1. The second-order valence-corrected chi connectivity index (χ2v) is 5.14. The van der Waals surface area contributed by atoms with Crippen LogP contribution >= 0.6 is 0 Å². The summed E-state index contributed by atoms with van der Waals surface area (Å²) in [6.07, 6.45) is 3.41. The van der Waals surface area contributed by atoms with Crippen LogP contribution < -0.4 is 0 Å². The van der Waals surface area contributed by atoms with Gasteiger partial charge in [0.1, 0.15) is 0 Å². The highest BCUT2D eigenvalue weighted by molar-refractivity contribution is 5.94. The van der Waals surface area contributed by atoms with Gasteiger partial charge >= 0.3 is 0 Å². The Morgan fingerprint density at radius 3 is 2.35 bits per heavy atom. The van der Waals surface area contributed by atoms with Gasteiger partial charge in [-0.15, -0.1) is 0 Å². The van der Waals surface area contributed by atoms with Crippen molar-refractivity contribution in [3.8, 4) is 0 Å². The number of benzene rings is 1. The Labute approximate surface area is 122 Å². The van der Waals surface area contributed by atoms with E-state index in [-0.39, 0.29) is 5.91 Å². The van der Waals surface area contributed by atoms with Gasteiger partial charge in [0.2, 0.25) is 0 Å². The lowest BCUT2D eigenvalue weighted by Gasteiger charge is -2.23. The van der Waals surface area contributed by atoms with Gasteiger partial charge in [-0.1, -0.05) is 38.8 Å². The van der Waals surface area contributed by atoms with Gasteiger partial charge in [-0.05, 0) is 37.5 Å². The standard InChI is InChI=1S/C17H26NO2/c1-4-6-11-18(12-7-5-2)17(20)16-10-8-9-15(13-16)14(3)19/h8-10,13-14,19H,3-7,11-12H2,1-2H3. The quantitative estimate of drug-likeness (QED) is 0.788. The molecule has 1 aromatic carbocycles. The number of carbonyl (C=O) groups excluding carboxylic acids is 1. The molecule has 1 radical (unpaired) electrons. The van der Waals surface area contributed by atoms with Crippen molar-refractivity contribution < 1.29 is 9.90 Å². The second kappa shape index (κ2) is 8.75. The molecule has 1 unspecified atom stereocenters. The lowest BCUT2D eigenvalue weighted by molar-refractivity contribution is 0.0751. The number of carbonyl (C=O) groups is 1. The first-order valence-electron chi connectivity index (χ1n) is 7.50. The first-order valence-corrected chi connectivity index (χ1v) is 7.50. The fourth-order valence-corrected chi connectivity index (χ4v) is 2.07. The zero-order valence-corrected chi connectivity index (χ0v) is 12.6. The topological polar surface area (TPSA) is 40.5 Å². The molecule has 0 heterocycles. The Hall–Kier alpha value is -1.35. The predicted molar refractivity (Wildman–Crippen MR) is 82.5 cm³/mol. The van der Waals surface area contributed by atoms with E-state index in [2.05, 4.69) is 20.8 Å². The van der Waals surface area contributed by atoms with E-state index >= 15 is 0 Å². The van der Waals surface area contributed by atoms with E-state index < -0.39 is 6.10 Å². The molecule has 1 atom stereocenters. The molecule has 0 aliphatic heterocycles. The van der Waals surface area contributed by atoms with Gasteiger partial charge in [-0.25, -0.2) is 0 Å². The van der Waals surface area contributed by atoms with Crippen LogP contribution in [0.1, 0.15) is 61.6 Å². The lowest BCUT2D eigenvalue weighted by Crippen LogP contribution is -2.33. The van der Waals surface area contributed by atoms with Gasteiger partial charge in [-0.2, -0.15) is 0 Å². The van der Waals surface area contributed by atoms with E-state index in [0.717, 1.165) is 38.8 Å². The summed E-state index contributed by atoms with van der Waals surface area (Å²) in [5.41, 5.74) is 1.32. The molecule has 0 aromatic heterocycles. The van der Waals surface area contributed by atoms with Crippen LogP contribution in [0, 0.1) is 6.92 Å². The maximum Gasteiger partial charge on any atom is 0.253 e. The maximum atomic E-state index is 12.6. The van der Waals surface area contributed by atoms with Crippen molar-refractivity contribution >= 4 is 5.91 Å². The average Bonchev–Trinajstić information content (AvgIpc) is 2.47. The molecule has 20 heavy (non-hydrogen) atoms. The van der Waals surface area contributed by atoms with Crippen molar-refractivity contribution in [1.82, 2.24) is 4.90 Å². The second-order valence-electron chi connectivity index (χ2n) is 5.14. The third-order valence-corrected chi connectivity index (χ3v) is 3.37. The molecule has 1 amide bonds. The third kappa shape index (κ3) is 4.97. The molecule has 3 nitrogen and oxygen atoms in total. The van der Waals surface area contributed by atoms with Gasteiger partial charge in [0.15, 0.2) is 0 Å². The minimum Gasteiger partial charge on any atom is -0.388 e. The summed E-state index contributed by atoms with van der Waals surface area (Å²) >= 11 is 0. The Morgan fingerprint density at radius 1 is 1.25 bits per heavy atom. The van der Waals surface area contributed by atoms with Gasteiger partial charge in [0, 0.05) is 18.7 Å². The van der Waals surface area contributed by atoms with Crippen LogP contribution in [-0.4, -0.2) is 29.0 Å². The molecule has 1 N–H and O–H groups in total. The first-order chi connectivity index (χ1) is 9.60. The summed E-state index contributed by atoms with van der Waals surface area (Å²) in [5, 5.41) is 9.52. The summed E-state index contributed by atoms with van der Waals surface area (Å²) in [5.74, 6) is 0.0504. The molecule has 111 valence electrons. The summed E-state index contributed by atoms with van der Waals surface area (Å²) in [6, 6.07) is 7.13. The van der Waals surface area contributed by atoms with Gasteiger partial charge in [0.05, 0.1) is 6.10 Å². The minimum absolute atomic E-state index is 0.0504. The van der Waals surface area contributed by atoms with Crippen LogP contribution in [0.3, 0.4) is 0 Å². The fourth-order valence-electron chi connectivity index (χ4n) is 2.07. The summed E-state index contributed by atoms with van der Waals surface area (Å²) < 4.78 is 0.